The van der Waals surface area contributed by atoms with E-state index in [1.54, 1.807) is 23.5 Å². The lowest BCUT2D eigenvalue weighted by molar-refractivity contribution is 0.0954. The van der Waals surface area contributed by atoms with Crippen LogP contribution in [0.1, 0.15) is 31.3 Å². The summed E-state index contributed by atoms with van der Waals surface area (Å²) < 4.78 is 1.11. The van der Waals surface area contributed by atoms with E-state index in [-0.39, 0.29) is 11.7 Å². The van der Waals surface area contributed by atoms with E-state index in [9.17, 15) is 9.59 Å². The maximum absolute atomic E-state index is 12.0. The predicted octanol–water partition coefficient (Wildman–Crippen LogP) is 3.49. The van der Waals surface area contributed by atoms with Crippen molar-refractivity contribution in [3.05, 3.63) is 51.2 Å². The fourth-order valence-electron chi connectivity index (χ4n) is 1.89. The Labute approximate surface area is 129 Å². The number of hydrogen-bond donors (Lipinski definition) is 1. The molecule has 0 unspecified atom stereocenters. The van der Waals surface area contributed by atoms with Crippen molar-refractivity contribution in [3.8, 4) is 0 Å². The molecule has 2 heterocycles. The number of benzene rings is 1. The van der Waals surface area contributed by atoms with Gasteiger partial charge in [0.2, 0.25) is 0 Å². The molecule has 6 heteroatoms. The molecule has 0 spiro atoms. The molecule has 0 saturated carbocycles. The minimum atomic E-state index is -0.174. The van der Waals surface area contributed by atoms with Gasteiger partial charge in [0.15, 0.2) is 5.78 Å². The van der Waals surface area contributed by atoms with Crippen LogP contribution in [0.5, 0.6) is 0 Å². The number of hydrogen-bond acceptors (Lipinski definition) is 5. The van der Waals surface area contributed by atoms with Crippen LogP contribution in [0, 0.1) is 0 Å². The number of rotatable bonds is 4. The standard InChI is InChI=1S/C15H12N2O2S2/c1-9(18)11-6-7-13(20-11)15(19)16-8-14-17-10-4-2-3-5-12(10)21-14/h2-7H,8H2,1H3,(H,16,19). The number of aromatic nitrogens is 1. The van der Waals surface area contributed by atoms with Crippen LogP contribution in [-0.4, -0.2) is 16.7 Å². The normalized spacial score (nSPS) is 10.7. The highest BCUT2D eigenvalue weighted by atomic mass is 32.1. The second-order valence-electron chi connectivity index (χ2n) is 4.48. The largest absolute Gasteiger partial charge is 0.345 e. The Morgan fingerprint density at radius 2 is 1.86 bits per heavy atom. The molecule has 0 radical (unpaired) electrons. The average molecular weight is 316 g/mol. The van der Waals surface area contributed by atoms with Gasteiger partial charge in [0.05, 0.1) is 26.5 Å². The second-order valence-corrected chi connectivity index (χ2v) is 6.68. The summed E-state index contributed by atoms with van der Waals surface area (Å²) in [6.45, 7) is 1.89. The predicted molar refractivity (Wildman–Crippen MR) is 85.1 cm³/mol. The number of para-hydroxylation sites is 1. The number of fused-ring (bicyclic) bond motifs is 1. The van der Waals surface area contributed by atoms with Crippen molar-refractivity contribution >= 4 is 44.6 Å². The van der Waals surface area contributed by atoms with Gasteiger partial charge in [-0.2, -0.15) is 0 Å². The first-order valence-corrected chi connectivity index (χ1v) is 8.00. The summed E-state index contributed by atoms with van der Waals surface area (Å²) in [5.41, 5.74) is 0.946. The number of Topliss-reactive ketones (excluding diaryl/α,β-unsaturated/α-hetero) is 1. The van der Waals surface area contributed by atoms with Gasteiger partial charge >= 0.3 is 0 Å². The average Bonchev–Trinajstić information content (AvgIpc) is 3.11. The van der Waals surface area contributed by atoms with Crippen LogP contribution in [-0.2, 0) is 6.54 Å². The van der Waals surface area contributed by atoms with Crippen molar-refractivity contribution in [1.82, 2.24) is 10.3 Å². The van der Waals surface area contributed by atoms with Gasteiger partial charge in [-0.1, -0.05) is 12.1 Å². The molecule has 1 N–H and O–H groups in total. The van der Waals surface area contributed by atoms with Crippen LogP contribution in [0.15, 0.2) is 36.4 Å². The van der Waals surface area contributed by atoms with E-state index in [0.29, 0.717) is 16.3 Å². The van der Waals surface area contributed by atoms with Gasteiger partial charge in [-0.25, -0.2) is 4.98 Å². The summed E-state index contributed by atoms with van der Waals surface area (Å²) in [6.07, 6.45) is 0. The molecule has 2 aromatic heterocycles. The summed E-state index contributed by atoms with van der Waals surface area (Å²) in [4.78, 5) is 28.9. The third kappa shape index (κ3) is 3.01. The lowest BCUT2D eigenvalue weighted by atomic mass is 10.3. The molecule has 0 aliphatic carbocycles. The van der Waals surface area contributed by atoms with Crippen LogP contribution in [0.25, 0.3) is 10.2 Å². The second kappa shape index (κ2) is 5.75. The first-order valence-electron chi connectivity index (χ1n) is 6.37. The monoisotopic (exact) mass is 316 g/mol. The van der Waals surface area contributed by atoms with E-state index in [1.807, 2.05) is 24.3 Å². The quantitative estimate of drug-likeness (QED) is 0.750. The number of nitrogens with one attached hydrogen (secondary N) is 1. The lowest BCUT2D eigenvalue weighted by Crippen LogP contribution is -2.21. The molecule has 1 aromatic carbocycles. The van der Waals surface area contributed by atoms with Crippen LogP contribution >= 0.6 is 22.7 Å². The number of thiazole rings is 1. The first kappa shape index (κ1) is 13.9. The van der Waals surface area contributed by atoms with E-state index >= 15 is 0 Å². The topological polar surface area (TPSA) is 59.1 Å². The fraction of sp³-hybridized carbons (Fsp3) is 0.133. The number of carbonyl (C=O) groups excluding carboxylic acids is 2. The van der Waals surface area contributed by atoms with Gasteiger partial charge < -0.3 is 5.32 Å². The van der Waals surface area contributed by atoms with Crippen LogP contribution in [0.2, 0.25) is 0 Å². The molecule has 0 atom stereocenters. The van der Waals surface area contributed by atoms with Gasteiger partial charge in [-0.3, -0.25) is 9.59 Å². The molecule has 21 heavy (non-hydrogen) atoms. The summed E-state index contributed by atoms with van der Waals surface area (Å²) >= 11 is 2.78. The number of amides is 1. The zero-order valence-corrected chi connectivity index (χ0v) is 12.9. The van der Waals surface area contributed by atoms with E-state index in [1.165, 1.54) is 18.3 Å². The maximum Gasteiger partial charge on any atom is 0.261 e. The highest BCUT2D eigenvalue weighted by Gasteiger charge is 2.12. The highest BCUT2D eigenvalue weighted by Crippen LogP contribution is 2.22. The first-order chi connectivity index (χ1) is 10.1. The molecule has 0 aliphatic heterocycles. The van der Waals surface area contributed by atoms with Crippen molar-refractivity contribution in [2.45, 2.75) is 13.5 Å². The SMILES string of the molecule is CC(=O)c1ccc(C(=O)NCc2nc3ccccc3s2)s1. The number of carbonyl (C=O) groups is 2. The summed E-state index contributed by atoms with van der Waals surface area (Å²) in [5.74, 6) is -0.197. The molecular weight excluding hydrogens is 304 g/mol. The molecule has 3 rings (SSSR count). The lowest BCUT2D eigenvalue weighted by Gasteiger charge is -1.99. The van der Waals surface area contributed by atoms with E-state index in [0.717, 1.165) is 15.2 Å². The van der Waals surface area contributed by atoms with Gasteiger partial charge in [0.1, 0.15) is 5.01 Å². The molecule has 3 aromatic rings. The number of ketones is 1. The Morgan fingerprint density at radius 3 is 2.57 bits per heavy atom. The van der Waals surface area contributed by atoms with Crippen LogP contribution in [0.4, 0.5) is 0 Å². The summed E-state index contributed by atoms with van der Waals surface area (Å²) in [6, 6.07) is 11.2. The van der Waals surface area contributed by atoms with Gasteiger partial charge in [0, 0.05) is 0 Å². The van der Waals surface area contributed by atoms with Crippen LogP contribution < -0.4 is 5.32 Å². The van der Waals surface area contributed by atoms with Crippen molar-refractivity contribution in [2.75, 3.05) is 0 Å². The summed E-state index contributed by atoms with van der Waals surface area (Å²) in [5, 5.41) is 3.70. The molecule has 1 amide bonds. The third-order valence-corrected chi connectivity index (χ3v) is 5.14. The van der Waals surface area contributed by atoms with E-state index < -0.39 is 0 Å². The zero-order valence-electron chi connectivity index (χ0n) is 11.3. The minimum absolute atomic E-state index is 0.0229. The van der Waals surface area contributed by atoms with Crippen molar-refractivity contribution in [1.29, 1.82) is 0 Å². The zero-order chi connectivity index (χ0) is 14.8. The molecular formula is C15H12N2O2S2. The van der Waals surface area contributed by atoms with Crippen molar-refractivity contribution < 1.29 is 9.59 Å². The van der Waals surface area contributed by atoms with Crippen LogP contribution in [0.3, 0.4) is 0 Å². The van der Waals surface area contributed by atoms with Crippen molar-refractivity contribution in [3.63, 3.8) is 0 Å². The Balaban J connectivity index is 1.68. The van der Waals surface area contributed by atoms with Gasteiger partial charge in [-0.05, 0) is 31.2 Å². The smallest absolute Gasteiger partial charge is 0.261 e. The molecule has 106 valence electrons. The third-order valence-electron chi connectivity index (χ3n) is 2.92. The Bertz CT molecular complexity index is 787. The Morgan fingerprint density at radius 1 is 1.10 bits per heavy atom. The van der Waals surface area contributed by atoms with E-state index in [4.69, 9.17) is 0 Å². The number of nitrogens with zero attached hydrogens (tertiary/aromatic N) is 1. The highest BCUT2D eigenvalue weighted by molar-refractivity contribution is 7.18. The van der Waals surface area contributed by atoms with Crippen molar-refractivity contribution in [2.24, 2.45) is 0 Å². The molecule has 0 bridgehead atoms. The number of thiophene rings is 1. The van der Waals surface area contributed by atoms with E-state index in [2.05, 4.69) is 10.3 Å². The minimum Gasteiger partial charge on any atom is -0.345 e. The molecule has 4 nitrogen and oxygen atoms in total. The van der Waals surface area contributed by atoms with Gasteiger partial charge in [0.25, 0.3) is 5.91 Å². The fourth-order valence-corrected chi connectivity index (χ4v) is 3.61. The summed E-state index contributed by atoms with van der Waals surface area (Å²) in [7, 11) is 0. The Kier molecular flexibility index (Phi) is 3.81. The van der Waals surface area contributed by atoms with Gasteiger partial charge in [-0.15, -0.1) is 22.7 Å². The molecule has 0 saturated heterocycles. The molecule has 0 fully saturated rings. The maximum atomic E-state index is 12.0. The molecule has 0 aliphatic rings. The Hall–Kier alpha value is -2.05.